The Balaban J connectivity index is 2.43. The summed E-state index contributed by atoms with van der Waals surface area (Å²) in [5.74, 6) is 0.730. The van der Waals surface area contributed by atoms with Crippen LogP contribution < -0.4 is 13.7 Å². The molecule has 5 nitrogen and oxygen atoms in total. The highest BCUT2D eigenvalue weighted by atomic mass is 35.5. The third-order valence-corrected chi connectivity index (χ3v) is 4.67. The normalized spacial score (nSPS) is 11.1. The minimum Gasteiger partial charge on any atom is -0.497 e. The van der Waals surface area contributed by atoms with Crippen LogP contribution in [0.25, 0.3) is 0 Å². The highest BCUT2D eigenvalue weighted by molar-refractivity contribution is 7.87. The molecule has 0 spiro atoms. The van der Waals surface area contributed by atoms with Gasteiger partial charge in [0.2, 0.25) is 0 Å². The highest BCUT2D eigenvalue weighted by Crippen LogP contribution is 2.31. The van der Waals surface area contributed by atoms with E-state index in [9.17, 15) is 8.42 Å². The predicted octanol–water partition coefficient (Wildman–Crippen LogP) is 3.43. The molecule has 0 aliphatic rings. The lowest BCUT2D eigenvalue weighted by Gasteiger charge is -2.12. The Hall–Kier alpha value is -1.92. The van der Waals surface area contributed by atoms with Gasteiger partial charge >= 0.3 is 10.1 Å². The van der Waals surface area contributed by atoms with Crippen LogP contribution in [0.15, 0.2) is 41.3 Å². The highest BCUT2D eigenvalue weighted by Gasteiger charge is 2.23. The van der Waals surface area contributed by atoms with Crippen molar-refractivity contribution in [2.45, 2.75) is 11.8 Å². The van der Waals surface area contributed by atoms with Gasteiger partial charge < -0.3 is 13.7 Å². The predicted molar refractivity (Wildman–Crippen MR) is 83.5 cm³/mol. The molecule has 2 aromatic carbocycles. The van der Waals surface area contributed by atoms with Crippen molar-refractivity contribution in [1.29, 1.82) is 0 Å². The van der Waals surface area contributed by atoms with E-state index >= 15 is 0 Å². The van der Waals surface area contributed by atoms with Crippen molar-refractivity contribution in [3.63, 3.8) is 0 Å². The smallest absolute Gasteiger partial charge is 0.343 e. The standard InChI is InChI=1S/C15H15ClO5S/c1-10-8-12(4-6-13(10)16)21-22(17,18)15-9-11(19-2)5-7-14(15)20-3/h4-9H,1-3H3. The SMILES string of the molecule is COc1ccc(OC)c(S(=O)(=O)Oc2ccc(Cl)c(C)c2)c1. The molecule has 0 radical (unpaired) electrons. The second-order valence-corrected chi connectivity index (χ2v) is 6.39. The Labute approximate surface area is 134 Å². The Bertz CT molecular complexity index is 787. The average Bonchev–Trinajstić information content (AvgIpc) is 2.50. The van der Waals surface area contributed by atoms with E-state index < -0.39 is 10.1 Å². The summed E-state index contributed by atoms with van der Waals surface area (Å²) in [5, 5.41) is 0.531. The zero-order chi connectivity index (χ0) is 16.3. The van der Waals surface area contributed by atoms with E-state index in [1.807, 2.05) is 0 Å². The van der Waals surface area contributed by atoms with Crippen molar-refractivity contribution in [2.75, 3.05) is 14.2 Å². The topological polar surface area (TPSA) is 61.8 Å². The van der Waals surface area contributed by atoms with Gasteiger partial charge in [0, 0.05) is 11.1 Å². The lowest BCUT2D eigenvalue weighted by atomic mass is 10.2. The van der Waals surface area contributed by atoms with Gasteiger partial charge in [0.15, 0.2) is 4.90 Å². The zero-order valence-electron chi connectivity index (χ0n) is 12.3. The fraction of sp³-hybridized carbons (Fsp3) is 0.200. The fourth-order valence-electron chi connectivity index (χ4n) is 1.82. The molecule has 2 rings (SSSR count). The maximum absolute atomic E-state index is 12.5. The van der Waals surface area contributed by atoms with Crippen LogP contribution in [0, 0.1) is 6.92 Å². The molecule has 0 fully saturated rings. The van der Waals surface area contributed by atoms with Gasteiger partial charge in [-0.15, -0.1) is 0 Å². The fourth-order valence-corrected chi connectivity index (χ4v) is 3.04. The van der Waals surface area contributed by atoms with Crippen LogP contribution in [0.2, 0.25) is 5.02 Å². The first-order valence-corrected chi connectivity index (χ1v) is 8.08. The van der Waals surface area contributed by atoms with Crippen molar-refractivity contribution in [1.82, 2.24) is 0 Å². The molecule has 0 N–H and O–H groups in total. The number of hydrogen-bond acceptors (Lipinski definition) is 5. The Morgan fingerprint density at radius 2 is 1.64 bits per heavy atom. The molecule has 0 saturated carbocycles. The summed E-state index contributed by atoms with van der Waals surface area (Å²) in [5.41, 5.74) is 0.715. The molecule has 7 heteroatoms. The van der Waals surface area contributed by atoms with E-state index in [0.717, 1.165) is 0 Å². The summed E-state index contributed by atoms with van der Waals surface area (Å²) in [6.07, 6.45) is 0. The quantitative estimate of drug-likeness (QED) is 0.779. The van der Waals surface area contributed by atoms with Crippen LogP contribution in [0.1, 0.15) is 5.56 Å². The molecule has 0 bridgehead atoms. The zero-order valence-corrected chi connectivity index (χ0v) is 13.9. The Morgan fingerprint density at radius 3 is 2.23 bits per heavy atom. The number of halogens is 1. The van der Waals surface area contributed by atoms with Crippen LogP contribution >= 0.6 is 11.6 Å². The van der Waals surface area contributed by atoms with E-state index in [2.05, 4.69) is 0 Å². The van der Waals surface area contributed by atoms with Gasteiger partial charge in [-0.3, -0.25) is 0 Å². The minimum absolute atomic E-state index is 0.109. The van der Waals surface area contributed by atoms with E-state index in [0.29, 0.717) is 16.3 Å². The maximum atomic E-state index is 12.5. The maximum Gasteiger partial charge on any atom is 0.343 e. The van der Waals surface area contributed by atoms with Gasteiger partial charge in [-0.25, -0.2) is 0 Å². The molecule has 118 valence electrons. The molecule has 22 heavy (non-hydrogen) atoms. The largest absolute Gasteiger partial charge is 0.497 e. The summed E-state index contributed by atoms with van der Waals surface area (Å²) in [6.45, 7) is 1.76. The molecule has 0 saturated heterocycles. The molecule has 0 amide bonds. The molecular formula is C15H15ClO5S. The monoisotopic (exact) mass is 342 g/mol. The van der Waals surface area contributed by atoms with Crippen molar-refractivity contribution in [2.24, 2.45) is 0 Å². The summed E-state index contributed by atoms with van der Waals surface area (Å²) in [4.78, 5) is -0.109. The van der Waals surface area contributed by atoms with Crippen LogP contribution in [-0.4, -0.2) is 22.6 Å². The average molecular weight is 343 g/mol. The lowest BCUT2D eigenvalue weighted by molar-refractivity contribution is 0.388. The first-order valence-electron chi connectivity index (χ1n) is 6.30. The molecule has 2 aromatic rings. The summed E-state index contributed by atoms with van der Waals surface area (Å²) < 4.78 is 40.2. The van der Waals surface area contributed by atoms with Crippen LogP contribution in [-0.2, 0) is 10.1 Å². The number of hydrogen-bond donors (Lipinski definition) is 0. The molecule has 0 aliphatic carbocycles. The molecule has 0 aromatic heterocycles. The van der Waals surface area contributed by atoms with E-state index in [-0.39, 0.29) is 16.4 Å². The number of benzene rings is 2. The minimum atomic E-state index is -4.07. The number of rotatable bonds is 5. The lowest BCUT2D eigenvalue weighted by Crippen LogP contribution is -2.11. The molecular weight excluding hydrogens is 328 g/mol. The summed E-state index contributed by atoms with van der Waals surface area (Å²) >= 11 is 5.91. The Kier molecular flexibility index (Phi) is 4.83. The molecule has 0 heterocycles. The van der Waals surface area contributed by atoms with Gasteiger partial charge in [0.05, 0.1) is 14.2 Å². The first kappa shape index (κ1) is 16.5. The van der Waals surface area contributed by atoms with E-state index in [1.165, 1.54) is 32.4 Å². The van der Waals surface area contributed by atoms with Crippen LogP contribution in [0.5, 0.6) is 17.2 Å². The number of methoxy groups -OCH3 is 2. The third kappa shape index (κ3) is 3.45. The summed E-state index contributed by atoms with van der Waals surface area (Å²) in [6, 6.07) is 9.06. The summed E-state index contributed by atoms with van der Waals surface area (Å²) in [7, 11) is -1.24. The van der Waals surface area contributed by atoms with Gasteiger partial charge in [0.25, 0.3) is 0 Å². The molecule has 0 aliphatic heterocycles. The third-order valence-electron chi connectivity index (χ3n) is 2.98. The van der Waals surface area contributed by atoms with Gasteiger partial charge in [-0.1, -0.05) is 11.6 Å². The van der Waals surface area contributed by atoms with Gasteiger partial charge in [-0.2, -0.15) is 8.42 Å². The van der Waals surface area contributed by atoms with Crippen molar-refractivity contribution >= 4 is 21.7 Å². The molecule has 0 atom stereocenters. The van der Waals surface area contributed by atoms with E-state index in [4.69, 9.17) is 25.3 Å². The van der Waals surface area contributed by atoms with E-state index in [1.54, 1.807) is 25.1 Å². The van der Waals surface area contributed by atoms with Crippen LogP contribution in [0.3, 0.4) is 0 Å². The number of aryl methyl sites for hydroxylation is 1. The van der Waals surface area contributed by atoms with Crippen LogP contribution in [0.4, 0.5) is 0 Å². The first-order chi connectivity index (χ1) is 10.4. The second kappa shape index (κ2) is 6.46. The van der Waals surface area contributed by atoms with Crippen molar-refractivity contribution < 1.29 is 22.1 Å². The van der Waals surface area contributed by atoms with Gasteiger partial charge in [-0.05, 0) is 42.8 Å². The number of ether oxygens (including phenoxy) is 2. The van der Waals surface area contributed by atoms with Gasteiger partial charge in [0.1, 0.15) is 17.2 Å². The Morgan fingerprint density at radius 1 is 0.955 bits per heavy atom. The second-order valence-electron chi connectivity index (χ2n) is 4.47. The molecule has 0 unspecified atom stereocenters. The van der Waals surface area contributed by atoms with Crippen molar-refractivity contribution in [3.05, 3.63) is 47.0 Å². The van der Waals surface area contributed by atoms with Crippen molar-refractivity contribution in [3.8, 4) is 17.2 Å².